The minimum atomic E-state index is -4.38. The molecule has 0 unspecified atom stereocenters. The Hall–Kier alpha value is -1.57. The molecule has 28 heavy (non-hydrogen) atoms. The van der Waals surface area contributed by atoms with E-state index < -0.39 is 17.3 Å². The summed E-state index contributed by atoms with van der Waals surface area (Å²) in [6, 6.07) is 4.34. The summed E-state index contributed by atoms with van der Waals surface area (Å²) in [6.45, 7) is 10.5. The highest BCUT2D eigenvalue weighted by Crippen LogP contribution is 2.37. The summed E-state index contributed by atoms with van der Waals surface area (Å²) in [5.74, 6) is 0. The van der Waals surface area contributed by atoms with Crippen LogP contribution in [0.2, 0.25) is 0 Å². The highest BCUT2D eigenvalue weighted by atomic mass is 32.2. The van der Waals surface area contributed by atoms with E-state index in [0.29, 0.717) is 31.6 Å². The van der Waals surface area contributed by atoms with Crippen LogP contribution in [0.4, 0.5) is 23.7 Å². The molecule has 1 aromatic carbocycles. The van der Waals surface area contributed by atoms with Gasteiger partial charge in [-0.05, 0) is 58.1 Å². The van der Waals surface area contributed by atoms with E-state index in [-0.39, 0.29) is 17.0 Å². The first-order chi connectivity index (χ1) is 13.0. The van der Waals surface area contributed by atoms with Crippen LogP contribution in [0.25, 0.3) is 0 Å². The standard InChI is InChI=1S/C18H25F3N2O2S.C2H6/c1-17(2,3)25-16(24)23-9-7-12(8-10-23)22-13-5-6-15(26-4)14(11-13)18(19,20)21;1-2/h5-6,11-12,22H,7-10H2,1-4H3;1-2H3. The smallest absolute Gasteiger partial charge is 0.417 e. The summed E-state index contributed by atoms with van der Waals surface area (Å²) in [4.78, 5) is 13.9. The zero-order chi connectivity index (χ0) is 21.5. The lowest BCUT2D eigenvalue weighted by Gasteiger charge is -2.34. The van der Waals surface area contributed by atoms with E-state index in [1.54, 1.807) is 17.2 Å². The fourth-order valence-corrected chi connectivity index (χ4v) is 3.39. The van der Waals surface area contributed by atoms with Crippen molar-refractivity contribution in [2.75, 3.05) is 24.7 Å². The van der Waals surface area contributed by atoms with Crippen LogP contribution in [-0.2, 0) is 10.9 Å². The average Bonchev–Trinajstić information content (AvgIpc) is 2.62. The third kappa shape index (κ3) is 7.45. The Kier molecular flexibility index (Phi) is 8.98. The first kappa shape index (κ1) is 24.5. The fraction of sp³-hybridized carbons (Fsp3) is 0.650. The number of carbonyl (C=O) groups is 1. The van der Waals surface area contributed by atoms with E-state index in [2.05, 4.69) is 5.32 Å². The molecule has 0 atom stereocenters. The minimum absolute atomic E-state index is 0.0231. The molecule has 1 N–H and O–H groups in total. The molecule has 1 aliphatic heterocycles. The monoisotopic (exact) mass is 420 g/mol. The van der Waals surface area contributed by atoms with Crippen molar-refractivity contribution in [3.8, 4) is 0 Å². The molecule has 160 valence electrons. The van der Waals surface area contributed by atoms with Gasteiger partial charge in [0.25, 0.3) is 0 Å². The third-order valence-electron chi connectivity index (χ3n) is 4.02. The second-order valence-electron chi connectivity index (χ2n) is 7.30. The number of ether oxygens (including phenoxy) is 1. The van der Waals surface area contributed by atoms with Gasteiger partial charge in [0.1, 0.15) is 5.60 Å². The molecule has 1 heterocycles. The minimum Gasteiger partial charge on any atom is -0.444 e. The number of benzene rings is 1. The molecule has 0 aromatic heterocycles. The molecule has 1 aliphatic rings. The third-order valence-corrected chi connectivity index (χ3v) is 4.82. The summed E-state index contributed by atoms with van der Waals surface area (Å²) in [5.41, 5.74) is -0.716. The number of anilines is 1. The second kappa shape index (κ2) is 10.3. The Balaban J connectivity index is 0.00000190. The number of thioether (sulfide) groups is 1. The van der Waals surface area contributed by atoms with Crippen LogP contribution in [0.3, 0.4) is 0 Å². The molecule has 8 heteroatoms. The topological polar surface area (TPSA) is 41.6 Å². The summed E-state index contributed by atoms with van der Waals surface area (Å²) in [5, 5.41) is 3.16. The molecule has 2 rings (SSSR count). The lowest BCUT2D eigenvalue weighted by atomic mass is 10.0. The van der Waals surface area contributed by atoms with Crippen molar-refractivity contribution >= 4 is 23.5 Å². The number of alkyl halides is 3. The van der Waals surface area contributed by atoms with Gasteiger partial charge in [0, 0.05) is 29.7 Å². The van der Waals surface area contributed by atoms with E-state index in [4.69, 9.17) is 4.74 Å². The number of likely N-dealkylation sites (tertiary alicyclic amines) is 1. The first-order valence-electron chi connectivity index (χ1n) is 9.49. The van der Waals surface area contributed by atoms with Crippen molar-refractivity contribution in [1.29, 1.82) is 0 Å². The average molecular weight is 421 g/mol. The largest absolute Gasteiger partial charge is 0.444 e. The zero-order valence-electron chi connectivity index (χ0n) is 17.4. The molecule has 1 saturated heterocycles. The van der Waals surface area contributed by atoms with Gasteiger partial charge in [-0.2, -0.15) is 13.2 Å². The van der Waals surface area contributed by atoms with Crippen LogP contribution < -0.4 is 5.32 Å². The van der Waals surface area contributed by atoms with Gasteiger partial charge in [-0.3, -0.25) is 0 Å². The van der Waals surface area contributed by atoms with Crippen LogP contribution in [0.15, 0.2) is 23.1 Å². The van der Waals surface area contributed by atoms with Gasteiger partial charge < -0.3 is 15.0 Å². The predicted octanol–water partition coefficient (Wildman–Crippen LogP) is 6.26. The number of nitrogens with one attached hydrogen (secondary N) is 1. The van der Waals surface area contributed by atoms with E-state index >= 15 is 0 Å². The highest BCUT2D eigenvalue weighted by Gasteiger charge is 2.34. The molecule has 1 aromatic rings. The normalized spacial score (nSPS) is 15.5. The van der Waals surface area contributed by atoms with Gasteiger partial charge in [0.05, 0.1) is 5.56 Å². The molecular weight excluding hydrogens is 389 g/mol. The lowest BCUT2D eigenvalue weighted by Crippen LogP contribution is -2.44. The lowest BCUT2D eigenvalue weighted by molar-refractivity contribution is -0.139. The van der Waals surface area contributed by atoms with Crippen molar-refractivity contribution in [1.82, 2.24) is 4.90 Å². The van der Waals surface area contributed by atoms with Crippen LogP contribution in [0.5, 0.6) is 0 Å². The molecular formula is C20H31F3N2O2S. The summed E-state index contributed by atoms with van der Waals surface area (Å²) >= 11 is 1.08. The van der Waals surface area contributed by atoms with Gasteiger partial charge in [-0.1, -0.05) is 13.8 Å². The van der Waals surface area contributed by atoms with Crippen LogP contribution in [0, 0.1) is 0 Å². The number of halogens is 3. The molecule has 0 aliphatic carbocycles. The predicted molar refractivity (Wildman–Crippen MR) is 109 cm³/mol. The van der Waals surface area contributed by atoms with E-state index in [1.807, 2.05) is 34.6 Å². The SMILES string of the molecule is CC.CSc1ccc(NC2CCN(C(=O)OC(C)(C)C)CC2)cc1C(F)(F)F. The number of hydrogen-bond donors (Lipinski definition) is 1. The van der Waals surface area contributed by atoms with Crippen LogP contribution in [-0.4, -0.2) is 42.0 Å². The van der Waals surface area contributed by atoms with Crippen molar-refractivity contribution in [2.24, 2.45) is 0 Å². The number of carbonyl (C=O) groups excluding carboxylic acids is 1. The Labute approximate surface area is 170 Å². The highest BCUT2D eigenvalue weighted by molar-refractivity contribution is 7.98. The van der Waals surface area contributed by atoms with E-state index in [9.17, 15) is 18.0 Å². The Morgan fingerprint density at radius 1 is 1.18 bits per heavy atom. The Bertz CT molecular complexity index is 637. The Morgan fingerprint density at radius 2 is 1.75 bits per heavy atom. The van der Waals surface area contributed by atoms with Crippen molar-refractivity contribution < 1.29 is 22.7 Å². The second-order valence-corrected chi connectivity index (χ2v) is 8.15. The molecule has 4 nitrogen and oxygen atoms in total. The number of rotatable bonds is 3. The number of nitrogens with zero attached hydrogens (tertiary/aromatic N) is 1. The van der Waals surface area contributed by atoms with Gasteiger partial charge >= 0.3 is 12.3 Å². The van der Waals surface area contributed by atoms with Gasteiger partial charge in [0.15, 0.2) is 0 Å². The van der Waals surface area contributed by atoms with Crippen LogP contribution >= 0.6 is 11.8 Å². The number of hydrogen-bond acceptors (Lipinski definition) is 4. The van der Waals surface area contributed by atoms with Crippen molar-refractivity contribution in [2.45, 2.75) is 70.2 Å². The molecule has 1 fully saturated rings. The van der Waals surface area contributed by atoms with E-state index in [1.165, 1.54) is 6.07 Å². The number of amides is 1. The Morgan fingerprint density at radius 3 is 2.21 bits per heavy atom. The maximum absolute atomic E-state index is 13.2. The molecule has 0 saturated carbocycles. The summed E-state index contributed by atoms with van der Waals surface area (Å²) < 4.78 is 44.9. The van der Waals surface area contributed by atoms with E-state index in [0.717, 1.165) is 17.8 Å². The summed E-state index contributed by atoms with van der Waals surface area (Å²) in [6.07, 6.45) is -1.78. The fourth-order valence-electron chi connectivity index (χ4n) is 2.79. The van der Waals surface area contributed by atoms with Gasteiger partial charge in [-0.15, -0.1) is 11.8 Å². The quantitative estimate of drug-likeness (QED) is 0.586. The molecule has 0 radical (unpaired) electrons. The maximum atomic E-state index is 13.2. The van der Waals surface area contributed by atoms with Crippen molar-refractivity contribution in [3.63, 3.8) is 0 Å². The van der Waals surface area contributed by atoms with Gasteiger partial charge in [-0.25, -0.2) is 4.79 Å². The number of piperidine rings is 1. The molecule has 1 amide bonds. The first-order valence-corrected chi connectivity index (χ1v) is 10.7. The molecule has 0 spiro atoms. The maximum Gasteiger partial charge on any atom is 0.417 e. The van der Waals surface area contributed by atoms with Crippen LogP contribution in [0.1, 0.15) is 53.0 Å². The van der Waals surface area contributed by atoms with Gasteiger partial charge in [0.2, 0.25) is 0 Å². The zero-order valence-corrected chi connectivity index (χ0v) is 18.3. The van der Waals surface area contributed by atoms with Crippen molar-refractivity contribution in [3.05, 3.63) is 23.8 Å². The summed E-state index contributed by atoms with van der Waals surface area (Å²) in [7, 11) is 0. The molecule has 0 bridgehead atoms.